The predicted molar refractivity (Wildman–Crippen MR) is 143 cm³/mol. The maximum atomic E-state index is 12.6. The van der Waals surface area contributed by atoms with Crippen LogP contribution in [0.15, 0.2) is 42.5 Å². The molecule has 0 amide bonds. The molecule has 198 valence electrons. The van der Waals surface area contributed by atoms with Crippen LogP contribution >= 0.6 is 0 Å². The molecule has 0 bridgehead atoms. The highest BCUT2D eigenvalue weighted by molar-refractivity contribution is 5.69. The fraction of sp³-hybridized carbons (Fsp3) is 0.581. The number of carbonyl (C=O) groups is 1. The monoisotopic (exact) mass is 505 g/mol. The zero-order chi connectivity index (χ0) is 26.0. The van der Waals surface area contributed by atoms with Crippen LogP contribution in [0.4, 0.5) is 5.69 Å². The lowest BCUT2D eigenvalue weighted by Gasteiger charge is -2.50. The van der Waals surface area contributed by atoms with Crippen LogP contribution in [0.5, 0.6) is 11.5 Å². The van der Waals surface area contributed by atoms with Crippen molar-refractivity contribution < 1.29 is 19.2 Å². The summed E-state index contributed by atoms with van der Waals surface area (Å²) in [6.45, 7) is 4.57. The van der Waals surface area contributed by atoms with E-state index in [1.165, 1.54) is 36.1 Å². The molecule has 3 aliphatic carbocycles. The number of fused-ring (bicyclic) bond motifs is 5. The van der Waals surface area contributed by atoms with Gasteiger partial charge in [-0.25, -0.2) is 0 Å². The van der Waals surface area contributed by atoms with E-state index in [-0.39, 0.29) is 23.2 Å². The Hall–Kier alpha value is -2.89. The lowest BCUT2D eigenvalue weighted by Crippen LogP contribution is -2.45. The molecule has 2 aromatic carbocycles. The van der Waals surface area contributed by atoms with E-state index in [0.29, 0.717) is 29.9 Å². The highest BCUT2D eigenvalue weighted by Gasteiger charge is 2.56. The summed E-state index contributed by atoms with van der Waals surface area (Å²) in [4.78, 5) is 23.1. The molecule has 5 rings (SSSR count). The molecule has 0 spiro atoms. The normalized spacial score (nSPS) is 28.1. The summed E-state index contributed by atoms with van der Waals surface area (Å²) in [7, 11) is 0. The van der Waals surface area contributed by atoms with E-state index in [4.69, 9.17) is 9.47 Å². The number of hydrogen-bond donors (Lipinski definition) is 0. The van der Waals surface area contributed by atoms with E-state index in [1.807, 2.05) is 6.07 Å². The average molecular weight is 506 g/mol. The van der Waals surface area contributed by atoms with Crippen molar-refractivity contribution in [1.29, 1.82) is 0 Å². The van der Waals surface area contributed by atoms with Gasteiger partial charge in [0.2, 0.25) is 0 Å². The minimum absolute atomic E-state index is 0.000332. The Morgan fingerprint density at radius 1 is 1.03 bits per heavy atom. The summed E-state index contributed by atoms with van der Waals surface area (Å²) < 4.78 is 12.1. The van der Waals surface area contributed by atoms with E-state index in [1.54, 1.807) is 12.1 Å². The summed E-state index contributed by atoms with van der Waals surface area (Å²) in [5.41, 5.74) is 2.96. The molecular weight excluding hydrogens is 466 g/mol. The second-order valence-corrected chi connectivity index (χ2v) is 11.5. The van der Waals surface area contributed by atoms with Crippen molar-refractivity contribution in [1.82, 2.24) is 0 Å². The zero-order valence-electron chi connectivity index (χ0n) is 22.1. The molecule has 6 nitrogen and oxygen atoms in total. The number of hydrogen-bond acceptors (Lipinski definition) is 5. The molecule has 0 aromatic heterocycles. The molecule has 0 radical (unpaired) electrons. The number of carbonyl (C=O) groups excluding carboxylic acids is 1. The second kappa shape index (κ2) is 10.8. The Morgan fingerprint density at radius 2 is 1.81 bits per heavy atom. The highest BCUT2D eigenvalue weighted by Crippen LogP contribution is 2.61. The smallest absolute Gasteiger partial charge is 0.306 e. The number of nitro benzene ring substituents is 1. The summed E-state index contributed by atoms with van der Waals surface area (Å²) >= 11 is 0. The van der Waals surface area contributed by atoms with Gasteiger partial charge >= 0.3 is 5.97 Å². The number of non-ortho nitro benzene ring substituents is 1. The average Bonchev–Trinajstić information content (AvgIpc) is 3.22. The lowest BCUT2D eigenvalue weighted by molar-refractivity contribution is -0.384. The molecule has 2 fully saturated rings. The third kappa shape index (κ3) is 5.25. The van der Waals surface area contributed by atoms with Gasteiger partial charge in [-0.3, -0.25) is 14.9 Å². The highest BCUT2D eigenvalue weighted by atomic mass is 16.6. The Morgan fingerprint density at radius 3 is 2.57 bits per heavy atom. The lowest BCUT2D eigenvalue weighted by atomic mass is 9.55. The first kappa shape index (κ1) is 25.7. The Labute approximate surface area is 219 Å². The van der Waals surface area contributed by atoms with Gasteiger partial charge in [-0.1, -0.05) is 39.2 Å². The number of aryl methyl sites for hydroxylation is 1. The summed E-state index contributed by atoms with van der Waals surface area (Å²) in [5, 5.41) is 10.9. The van der Waals surface area contributed by atoms with E-state index in [2.05, 4.69) is 26.0 Å². The minimum atomic E-state index is -0.403. The van der Waals surface area contributed by atoms with Gasteiger partial charge < -0.3 is 9.47 Å². The van der Waals surface area contributed by atoms with Gasteiger partial charge in [-0.05, 0) is 98.1 Å². The molecule has 0 N–H and O–H groups in total. The third-order valence-electron chi connectivity index (χ3n) is 9.40. The van der Waals surface area contributed by atoms with Crippen molar-refractivity contribution >= 4 is 11.7 Å². The molecule has 0 unspecified atom stereocenters. The fourth-order valence-electron chi connectivity index (χ4n) is 7.45. The van der Waals surface area contributed by atoms with Crippen LogP contribution in [0, 0.1) is 27.4 Å². The zero-order valence-corrected chi connectivity index (χ0v) is 22.1. The molecule has 37 heavy (non-hydrogen) atoms. The standard InChI is InChI=1S/C31H39NO5/c1-3-4-5-6-7-30(33)37-29-17-16-28-27-14-8-21-20-24(36-23-11-9-22(10-12-23)32(34)35)13-15-25(21)26(27)18-19-31(28,29)2/h9-13,15,20,26-29H,3-8,14,16-19H2,1-2H3/t26-,27-,28+,29+,31+/m1/s1. The van der Waals surface area contributed by atoms with Crippen LogP contribution in [0.3, 0.4) is 0 Å². The minimum Gasteiger partial charge on any atom is -0.462 e. The van der Waals surface area contributed by atoms with Crippen LogP contribution in [-0.2, 0) is 16.0 Å². The first-order chi connectivity index (χ1) is 17.9. The van der Waals surface area contributed by atoms with Gasteiger partial charge in [0.05, 0.1) is 4.92 Å². The Balaban J connectivity index is 1.23. The maximum Gasteiger partial charge on any atom is 0.306 e. The molecule has 6 heteroatoms. The van der Waals surface area contributed by atoms with Crippen LogP contribution in [0.25, 0.3) is 0 Å². The van der Waals surface area contributed by atoms with Crippen molar-refractivity contribution in [2.75, 3.05) is 0 Å². The fourth-order valence-corrected chi connectivity index (χ4v) is 7.45. The number of rotatable bonds is 9. The van der Waals surface area contributed by atoms with Crippen LogP contribution < -0.4 is 4.74 Å². The van der Waals surface area contributed by atoms with Crippen molar-refractivity contribution in [3.63, 3.8) is 0 Å². The quantitative estimate of drug-likeness (QED) is 0.149. The topological polar surface area (TPSA) is 78.7 Å². The van der Waals surface area contributed by atoms with E-state index >= 15 is 0 Å². The maximum absolute atomic E-state index is 12.6. The summed E-state index contributed by atoms with van der Waals surface area (Å²) in [6.07, 6.45) is 11.6. The molecule has 0 heterocycles. The van der Waals surface area contributed by atoms with E-state index in [9.17, 15) is 14.9 Å². The van der Waals surface area contributed by atoms with Crippen LogP contribution in [-0.4, -0.2) is 17.0 Å². The molecular formula is C31H39NO5. The Bertz CT molecular complexity index is 1130. The number of unbranched alkanes of at least 4 members (excludes halogenated alkanes) is 3. The number of benzene rings is 2. The van der Waals surface area contributed by atoms with Crippen molar-refractivity contribution in [2.45, 2.75) is 96.5 Å². The predicted octanol–water partition coefficient (Wildman–Crippen LogP) is 8.13. The molecule has 3 aliphatic rings. The number of ether oxygens (including phenoxy) is 2. The van der Waals surface area contributed by atoms with Crippen molar-refractivity contribution in [2.24, 2.45) is 17.3 Å². The summed E-state index contributed by atoms with van der Waals surface area (Å²) in [6, 6.07) is 12.6. The van der Waals surface area contributed by atoms with Crippen molar-refractivity contribution in [3.05, 3.63) is 63.7 Å². The molecule has 2 saturated carbocycles. The largest absolute Gasteiger partial charge is 0.462 e. The van der Waals surface area contributed by atoms with Gasteiger partial charge in [0.25, 0.3) is 5.69 Å². The van der Waals surface area contributed by atoms with Crippen molar-refractivity contribution in [3.8, 4) is 11.5 Å². The van der Waals surface area contributed by atoms with Crippen LogP contribution in [0.1, 0.15) is 95.1 Å². The molecule has 0 aliphatic heterocycles. The summed E-state index contributed by atoms with van der Waals surface area (Å²) in [5.74, 6) is 3.18. The van der Waals surface area contributed by atoms with Gasteiger partial charge in [-0.15, -0.1) is 0 Å². The van der Waals surface area contributed by atoms with Crippen LogP contribution in [0.2, 0.25) is 0 Å². The van der Waals surface area contributed by atoms with E-state index in [0.717, 1.165) is 57.1 Å². The van der Waals surface area contributed by atoms with Gasteiger partial charge in [0.1, 0.15) is 17.6 Å². The number of nitrogens with zero attached hydrogens (tertiary/aromatic N) is 1. The number of nitro groups is 1. The van der Waals surface area contributed by atoms with Gasteiger partial charge in [0.15, 0.2) is 0 Å². The Kier molecular flexibility index (Phi) is 7.55. The first-order valence-corrected chi connectivity index (χ1v) is 14.1. The first-order valence-electron chi connectivity index (χ1n) is 14.1. The second-order valence-electron chi connectivity index (χ2n) is 11.5. The SMILES string of the molecule is CCCCCCC(=O)O[C@H]1CC[C@H]2[C@@H]3CCc4cc(Oc5ccc([N+](=O)[O-])cc5)ccc4[C@H]3CC[C@]12C. The van der Waals surface area contributed by atoms with Gasteiger partial charge in [0, 0.05) is 24.0 Å². The third-order valence-corrected chi connectivity index (χ3v) is 9.40. The molecule has 2 aromatic rings. The number of esters is 1. The van der Waals surface area contributed by atoms with Gasteiger partial charge in [-0.2, -0.15) is 0 Å². The van der Waals surface area contributed by atoms with E-state index < -0.39 is 4.92 Å². The molecule has 5 atom stereocenters. The molecule has 0 saturated heterocycles.